The summed E-state index contributed by atoms with van der Waals surface area (Å²) in [6.45, 7) is 1.81. The third-order valence-electron chi connectivity index (χ3n) is 3.67. The van der Waals surface area contributed by atoms with Gasteiger partial charge in [0.2, 0.25) is 0 Å². The van der Waals surface area contributed by atoms with Gasteiger partial charge in [0, 0.05) is 11.7 Å². The Bertz CT molecular complexity index is 885. The van der Waals surface area contributed by atoms with E-state index in [4.69, 9.17) is 0 Å². The molecule has 2 heterocycles. The Morgan fingerprint density at radius 2 is 2.00 bits per heavy atom. The number of carboxylic acids is 1. The molecule has 2 N–H and O–H groups in total. The molecule has 3 rings (SSSR count). The van der Waals surface area contributed by atoms with Crippen LogP contribution < -0.4 is 5.32 Å². The minimum atomic E-state index is -1.12. The molecule has 2 aromatic heterocycles. The molecule has 0 fully saturated rings. The highest BCUT2D eigenvalue weighted by molar-refractivity contribution is 5.96. The predicted octanol–water partition coefficient (Wildman–Crippen LogP) is 2.20. The van der Waals surface area contributed by atoms with Gasteiger partial charge in [0.15, 0.2) is 6.04 Å². The van der Waals surface area contributed by atoms with Crippen LogP contribution in [0.1, 0.15) is 27.7 Å². The Labute approximate surface area is 132 Å². The molecule has 1 amide bonds. The van der Waals surface area contributed by atoms with Gasteiger partial charge in [-0.1, -0.05) is 24.3 Å². The van der Waals surface area contributed by atoms with Gasteiger partial charge in [-0.25, -0.2) is 9.78 Å². The number of amides is 1. The molecule has 1 aromatic carbocycles. The minimum absolute atomic E-state index is 0.177. The molecule has 1 atom stereocenters. The number of hydrogen-bond acceptors (Lipinski definition) is 3. The van der Waals surface area contributed by atoms with Crippen LogP contribution in [0.5, 0.6) is 0 Å². The van der Waals surface area contributed by atoms with Crippen molar-refractivity contribution < 1.29 is 14.7 Å². The van der Waals surface area contributed by atoms with Crippen LogP contribution in [-0.2, 0) is 4.79 Å². The first kappa shape index (κ1) is 14.8. The highest BCUT2D eigenvalue weighted by Gasteiger charge is 2.24. The van der Waals surface area contributed by atoms with Gasteiger partial charge in [-0.2, -0.15) is 0 Å². The molecule has 0 saturated carbocycles. The van der Waals surface area contributed by atoms with Crippen LogP contribution in [-0.4, -0.2) is 26.4 Å². The maximum absolute atomic E-state index is 12.4. The van der Waals surface area contributed by atoms with Crippen LogP contribution in [0.25, 0.3) is 5.52 Å². The number of rotatable bonds is 4. The van der Waals surface area contributed by atoms with Gasteiger partial charge in [0.25, 0.3) is 5.91 Å². The van der Waals surface area contributed by atoms with Crippen molar-refractivity contribution in [2.75, 3.05) is 0 Å². The van der Waals surface area contributed by atoms with E-state index in [1.807, 2.05) is 37.4 Å². The number of aromatic nitrogens is 2. The maximum atomic E-state index is 12.4. The Morgan fingerprint density at radius 1 is 1.22 bits per heavy atom. The van der Waals surface area contributed by atoms with E-state index in [-0.39, 0.29) is 5.69 Å². The number of nitrogens with zero attached hydrogens (tertiary/aromatic N) is 2. The van der Waals surface area contributed by atoms with E-state index < -0.39 is 17.9 Å². The van der Waals surface area contributed by atoms with E-state index in [1.165, 1.54) is 6.33 Å². The van der Waals surface area contributed by atoms with Gasteiger partial charge in [0.05, 0.1) is 6.33 Å². The predicted molar refractivity (Wildman–Crippen MR) is 84.2 cm³/mol. The van der Waals surface area contributed by atoms with Gasteiger partial charge < -0.3 is 14.8 Å². The summed E-state index contributed by atoms with van der Waals surface area (Å²) in [5.74, 6) is -1.64. The third-order valence-corrected chi connectivity index (χ3v) is 3.67. The van der Waals surface area contributed by atoms with Crippen LogP contribution in [0.2, 0.25) is 0 Å². The summed E-state index contributed by atoms with van der Waals surface area (Å²) in [5.41, 5.74) is 2.34. The van der Waals surface area contributed by atoms with Crippen molar-refractivity contribution in [3.05, 3.63) is 71.8 Å². The fraction of sp³-hybridized carbons (Fsp3) is 0.118. The number of aryl methyl sites for hydroxylation is 1. The van der Waals surface area contributed by atoms with Crippen LogP contribution in [0.3, 0.4) is 0 Å². The van der Waals surface area contributed by atoms with E-state index in [0.717, 1.165) is 11.1 Å². The third kappa shape index (κ3) is 2.91. The molecule has 6 nitrogen and oxygen atoms in total. The molecule has 116 valence electrons. The number of aliphatic carboxylic acids is 1. The summed E-state index contributed by atoms with van der Waals surface area (Å²) in [7, 11) is 0. The SMILES string of the molecule is Cc1ccccc1C(NC(=O)c1cc2cccn2cn1)C(=O)O. The van der Waals surface area contributed by atoms with Crippen molar-refractivity contribution in [1.82, 2.24) is 14.7 Å². The van der Waals surface area contributed by atoms with E-state index in [2.05, 4.69) is 10.3 Å². The number of fused-ring (bicyclic) bond motifs is 1. The highest BCUT2D eigenvalue weighted by Crippen LogP contribution is 2.18. The smallest absolute Gasteiger partial charge is 0.330 e. The Morgan fingerprint density at radius 3 is 2.74 bits per heavy atom. The molecule has 0 aliphatic rings. The number of carbonyl (C=O) groups is 2. The van der Waals surface area contributed by atoms with E-state index >= 15 is 0 Å². The second-order valence-corrected chi connectivity index (χ2v) is 5.22. The van der Waals surface area contributed by atoms with Crippen molar-refractivity contribution in [3.8, 4) is 0 Å². The zero-order chi connectivity index (χ0) is 16.4. The second kappa shape index (κ2) is 5.92. The summed E-state index contributed by atoms with van der Waals surface area (Å²) in [6, 6.07) is 11.2. The summed E-state index contributed by atoms with van der Waals surface area (Å²) >= 11 is 0. The molecule has 3 aromatic rings. The fourth-order valence-corrected chi connectivity index (χ4v) is 2.45. The van der Waals surface area contributed by atoms with Gasteiger partial charge in [-0.15, -0.1) is 0 Å². The van der Waals surface area contributed by atoms with Crippen molar-refractivity contribution in [3.63, 3.8) is 0 Å². The lowest BCUT2D eigenvalue weighted by Gasteiger charge is -2.16. The summed E-state index contributed by atoms with van der Waals surface area (Å²) in [5, 5.41) is 12.0. The van der Waals surface area contributed by atoms with E-state index in [9.17, 15) is 14.7 Å². The van der Waals surface area contributed by atoms with Gasteiger partial charge in [-0.3, -0.25) is 4.79 Å². The first-order valence-electron chi connectivity index (χ1n) is 7.08. The van der Waals surface area contributed by atoms with E-state index in [1.54, 1.807) is 22.6 Å². The monoisotopic (exact) mass is 309 g/mol. The molecule has 0 radical (unpaired) electrons. The molecule has 0 bridgehead atoms. The normalized spacial score (nSPS) is 12.0. The van der Waals surface area contributed by atoms with Crippen molar-refractivity contribution in [2.45, 2.75) is 13.0 Å². The number of nitrogens with one attached hydrogen (secondary N) is 1. The number of carbonyl (C=O) groups excluding carboxylic acids is 1. The first-order chi connectivity index (χ1) is 11.1. The molecule has 0 aliphatic carbocycles. The van der Waals surface area contributed by atoms with Crippen LogP contribution in [0.4, 0.5) is 0 Å². The molecule has 23 heavy (non-hydrogen) atoms. The Balaban J connectivity index is 1.89. The molecule has 0 aliphatic heterocycles. The fourth-order valence-electron chi connectivity index (χ4n) is 2.45. The van der Waals surface area contributed by atoms with Crippen LogP contribution in [0, 0.1) is 6.92 Å². The molecule has 1 unspecified atom stereocenters. The average molecular weight is 309 g/mol. The Kier molecular flexibility index (Phi) is 3.80. The molecule has 0 spiro atoms. The highest BCUT2D eigenvalue weighted by atomic mass is 16.4. The van der Waals surface area contributed by atoms with Gasteiger partial charge in [-0.05, 0) is 36.2 Å². The second-order valence-electron chi connectivity index (χ2n) is 5.22. The van der Waals surface area contributed by atoms with Crippen LogP contribution in [0.15, 0.2) is 55.0 Å². The number of hydrogen-bond donors (Lipinski definition) is 2. The molecule has 6 heteroatoms. The quantitative estimate of drug-likeness (QED) is 0.774. The van der Waals surface area contributed by atoms with Gasteiger partial charge >= 0.3 is 5.97 Å². The minimum Gasteiger partial charge on any atom is -0.479 e. The van der Waals surface area contributed by atoms with Crippen molar-refractivity contribution in [1.29, 1.82) is 0 Å². The molecular weight excluding hydrogens is 294 g/mol. The molecule has 0 saturated heterocycles. The standard InChI is InChI=1S/C17H15N3O3/c1-11-5-2-3-7-13(11)15(17(22)23)19-16(21)14-9-12-6-4-8-20(12)10-18-14/h2-10,15H,1H3,(H,19,21)(H,22,23). The van der Waals surface area contributed by atoms with Crippen LogP contribution >= 0.6 is 0 Å². The zero-order valence-corrected chi connectivity index (χ0v) is 12.4. The molecular formula is C17H15N3O3. The summed E-state index contributed by atoms with van der Waals surface area (Å²) < 4.78 is 1.77. The summed E-state index contributed by atoms with van der Waals surface area (Å²) in [6.07, 6.45) is 3.34. The van der Waals surface area contributed by atoms with Crippen molar-refractivity contribution >= 4 is 17.4 Å². The lowest BCUT2D eigenvalue weighted by atomic mass is 10.0. The number of benzene rings is 1. The maximum Gasteiger partial charge on any atom is 0.330 e. The van der Waals surface area contributed by atoms with Crippen molar-refractivity contribution in [2.24, 2.45) is 0 Å². The van der Waals surface area contributed by atoms with Gasteiger partial charge in [0.1, 0.15) is 5.69 Å². The average Bonchev–Trinajstić information content (AvgIpc) is 3.00. The van der Waals surface area contributed by atoms with E-state index in [0.29, 0.717) is 5.56 Å². The Hall–Kier alpha value is -3.15. The number of carboxylic acid groups (broad SMARTS) is 1. The zero-order valence-electron chi connectivity index (χ0n) is 12.4. The lowest BCUT2D eigenvalue weighted by Crippen LogP contribution is -2.34. The summed E-state index contributed by atoms with van der Waals surface area (Å²) in [4.78, 5) is 28.0. The first-order valence-corrected chi connectivity index (χ1v) is 7.08. The largest absolute Gasteiger partial charge is 0.479 e. The topological polar surface area (TPSA) is 83.7 Å². The lowest BCUT2D eigenvalue weighted by molar-refractivity contribution is -0.139.